The normalized spacial score (nSPS) is 11.4. The van der Waals surface area contributed by atoms with E-state index in [2.05, 4.69) is 20.6 Å². The average Bonchev–Trinajstić information content (AvgIpc) is 3.47. The summed E-state index contributed by atoms with van der Waals surface area (Å²) < 4.78 is 33.7. The van der Waals surface area contributed by atoms with Crippen LogP contribution >= 0.6 is 0 Å². The van der Waals surface area contributed by atoms with Crippen molar-refractivity contribution in [3.05, 3.63) is 120 Å². The van der Waals surface area contributed by atoms with E-state index in [0.29, 0.717) is 59.7 Å². The van der Waals surface area contributed by atoms with Gasteiger partial charge in [0.1, 0.15) is 23.7 Å². The van der Waals surface area contributed by atoms with Gasteiger partial charge in [-0.1, -0.05) is 48.5 Å². The molecule has 3 aromatic carbocycles. The summed E-state index contributed by atoms with van der Waals surface area (Å²) >= 11 is 0. The highest BCUT2D eigenvalue weighted by Crippen LogP contribution is 2.31. The Labute approximate surface area is 289 Å². The third-order valence-corrected chi connectivity index (χ3v) is 7.44. The van der Waals surface area contributed by atoms with Gasteiger partial charge in [-0.2, -0.15) is 5.10 Å². The molecule has 0 spiro atoms. The summed E-state index contributed by atoms with van der Waals surface area (Å²) in [5.41, 5.74) is 3.24. The standard InChI is InChI=1S/C38H38FN7O4/c1-38(2,3)50-37(47)28-11-5-8-14-31(28)41-20-21-48-22-23-49-33-24-42-36(44-35(33)43-27-16-18-40-19-17-27)34-29-12-6-9-15-32(29)46(45-34)25-26-10-4-7-13-30(26)39/h4-19,24,41H,20-23,25H2,1-3H3,(H,40,42,43,44). The van der Waals surface area contributed by atoms with Crippen molar-refractivity contribution in [1.29, 1.82) is 0 Å². The molecule has 0 amide bonds. The number of anilines is 3. The van der Waals surface area contributed by atoms with Gasteiger partial charge in [-0.15, -0.1) is 0 Å². The topological polar surface area (TPSA) is 125 Å². The molecule has 0 unspecified atom stereocenters. The second kappa shape index (κ2) is 15.6. The van der Waals surface area contributed by atoms with E-state index < -0.39 is 5.60 Å². The van der Waals surface area contributed by atoms with Crippen LogP contribution in [-0.4, -0.2) is 62.7 Å². The molecule has 0 saturated carbocycles. The first-order chi connectivity index (χ1) is 24.2. The fourth-order valence-electron chi connectivity index (χ4n) is 5.17. The van der Waals surface area contributed by atoms with Crippen LogP contribution in [0.25, 0.3) is 22.4 Å². The Morgan fingerprint density at radius 2 is 1.66 bits per heavy atom. The number of carbonyl (C=O) groups excluding carboxylic acids is 1. The summed E-state index contributed by atoms with van der Waals surface area (Å²) in [6.07, 6.45) is 4.96. The van der Waals surface area contributed by atoms with Gasteiger partial charge in [0.2, 0.25) is 0 Å². The van der Waals surface area contributed by atoms with E-state index in [1.165, 1.54) is 6.07 Å². The number of hydrogen-bond acceptors (Lipinski definition) is 10. The fraction of sp³-hybridized carbons (Fsp3) is 0.237. The Balaban J connectivity index is 1.12. The van der Waals surface area contributed by atoms with E-state index in [4.69, 9.17) is 24.3 Å². The zero-order chi connectivity index (χ0) is 34.9. The minimum absolute atomic E-state index is 0.239. The lowest BCUT2D eigenvalue weighted by atomic mass is 10.1. The molecule has 0 aliphatic carbocycles. The second-order valence-electron chi connectivity index (χ2n) is 12.3. The number of pyridine rings is 1. The van der Waals surface area contributed by atoms with E-state index in [-0.39, 0.29) is 24.9 Å². The summed E-state index contributed by atoms with van der Waals surface area (Å²) in [5.74, 6) is 0.567. The molecule has 6 rings (SSSR count). The van der Waals surface area contributed by atoms with E-state index in [1.807, 2.05) is 69.3 Å². The smallest absolute Gasteiger partial charge is 0.340 e. The van der Waals surface area contributed by atoms with Crippen molar-refractivity contribution in [2.75, 3.05) is 37.0 Å². The third kappa shape index (κ3) is 8.58. The van der Waals surface area contributed by atoms with Crippen LogP contribution in [0.15, 0.2) is 104 Å². The van der Waals surface area contributed by atoms with Gasteiger partial charge in [0, 0.05) is 41.3 Å². The predicted octanol–water partition coefficient (Wildman–Crippen LogP) is 7.28. The number of esters is 1. The molecule has 0 saturated heterocycles. The highest BCUT2D eigenvalue weighted by atomic mass is 19.1. The number of ether oxygens (including phenoxy) is 3. The molecule has 11 nitrogen and oxygen atoms in total. The fourth-order valence-corrected chi connectivity index (χ4v) is 5.17. The molecule has 3 heterocycles. The van der Waals surface area contributed by atoms with Crippen LogP contribution in [-0.2, 0) is 16.0 Å². The minimum atomic E-state index is -0.589. The van der Waals surface area contributed by atoms with Gasteiger partial charge >= 0.3 is 5.97 Å². The Hall–Kier alpha value is -5.88. The molecule has 256 valence electrons. The SMILES string of the molecule is CC(C)(C)OC(=O)c1ccccc1NCCOCCOc1cnc(-c2nn(Cc3ccccc3F)c3ccccc23)nc1Nc1ccncc1. The predicted molar refractivity (Wildman–Crippen MR) is 190 cm³/mol. The van der Waals surface area contributed by atoms with Crippen molar-refractivity contribution in [2.24, 2.45) is 0 Å². The second-order valence-corrected chi connectivity index (χ2v) is 12.3. The number of halogens is 1. The molecule has 2 N–H and O–H groups in total. The first-order valence-corrected chi connectivity index (χ1v) is 16.3. The zero-order valence-electron chi connectivity index (χ0n) is 28.1. The number of nitrogens with zero attached hydrogens (tertiary/aromatic N) is 5. The van der Waals surface area contributed by atoms with Crippen LogP contribution in [0, 0.1) is 5.82 Å². The van der Waals surface area contributed by atoms with E-state index in [1.54, 1.807) is 53.6 Å². The van der Waals surface area contributed by atoms with Crippen molar-refractivity contribution in [1.82, 2.24) is 24.7 Å². The molecule has 6 aromatic rings. The minimum Gasteiger partial charge on any atom is -0.486 e. The van der Waals surface area contributed by atoms with Crippen molar-refractivity contribution in [3.63, 3.8) is 0 Å². The van der Waals surface area contributed by atoms with Gasteiger partial charge in [0.15, 0.2) is 17.4 Å². The number of hydrogen-bond donors (Lipinski definition) is 2. The molecule has 0 aliphatic heterocycles. The summed E-state index contributed by atoms with van der Waals surface area (Å²) in [4.78, 5) is 26.2. The number of rotatable bonds is 14. The summed E-state index contributed by atoms with van der Waals surface area (Å²) in [7, 11) is 0. The van der Waals surface area contributed by atoms with Gasteiger partial charge in [0.05, 0.1) is 37.0 Å². The first-order valence-electron chi connectivity index (χ1n) is 16.3. The molecule has 3 aromatic heterocycles. The largest absolute Gasteiger partial charge is 0.486 e. The molecule has 50 heavy (non-hydrogen) atoms. The summed E-state index contributed by atoms with van der Waals surface area (Å²) in [6, 6.07) is 25.2. The summed E-state index contributed by atoms with van der Waals surface area (Å²) in [6.45, 7) is 7.16. The Kier molecular flexibility index (Phi) is 10.6. The molecule has 0 fully saturated rings. The highest BCUT2D eigenvalue weighted by molar-refractivity contribution is 5.96. The maximum Gasteiger partial charge on any atom is 0.340 e. The van der Waals surface area contributed by atoms with E-state index >= 15 is 0 Å². The van der Waals surface area contributed by atoms with E-state index in [9.17, 15) is 9.18 Å². The number of nitrogens with one attached hydrogen (secondary N) is 2. The van der Waals surface area contributed by atoms with E-state index in [0.717, 1.165) is 16.6 Å². The van der Waals surface area contributed by atoms with Gasteiger partial charge < -0.3 is 24.8 Å². The lowest BCUT2D eigenvalue weighted by molar-refractivity contribution is 0.00705. The Morgan fingerprint density at radius 3 is 2.48 bits per heavy atom. The van der Waals surface area contributed by atoms with Crippen LogP contribution < -0.4 is 15.4 Å². The lowest BCUT2D eigenvalue weighted by Gasteiger charge is -2.20. The van der Waals surface area contributed by atoms with Crippen LogP contribution in [0.1, 0.15) is 36.7 Å². The Morgan fingerprint density at radius 1 is 0.900 bits per heavy atom. The molecule has 12 heteroatoms. The van der Waals surface area contributed by atoms with Gasteiger partial charge in [-0.3, -0.25) is 9.67 Å². The quantitative estimate of drug-likeness (QED) is 0.0899. The van der Waals surface area contributed by atoms with Crippen molar-refractivity contribution in [2.45, 2.75) is 32.9 Å². The molecule has 0 atom stereocenters. The lowest BCUT2D eigenvalue weighted by Crippen LogP contribution is -2.24. The monoisotopic (exact) mass is 675 g/mol. The average molecular weight is 676 g/mol. The zero-order valence-corrected chi connectivity index (χ0v) is 28.1. The molecule has 0 aliphatic rings. The number of para-hydroxylation sites is 2. The maximum atomic E-state index is 14.5. The number of aromatic nitrogens is 5. The van der Waals surface area contributed by atoms with Crippen LogP contribution in [0.5, 0.6) is 5.75 Å². The molecular formula is C38H38FN7O4. The van der Waals surface area contributed by atoms with Crippen LogP contribution in [0.4, 0.5) is 21.6 Å². The summed E-state index contributed by atoms with van der Waals surface area (Å²) in [5, 5.41) is 12.2. The van der Waals surface area contributed by atoms with Crippen molar-refractivity contribution < 1.29 is 23.4 Å². The maximum absolute atomic E-state index is 14.5. The third-order valence-electron chi connectivity index (χ3n) is 7.44. The van der Waals surface area contributed by atoms with Crippen LogP contribution in [0.2, 0.25) is 0 Å². The van der Waals surface area contributed by atoms with Gasteiger partial charge in [0.25, 0.3) is 0 Å². The molecule has 0 radical (unpaired) electrons. The van der Waals surface area contributed by atoms with Crippen LogP contribution in [0.3, 0.4) is 0 Å². The number of carbonyl (C=O) groups is 1. The van der Waals surface area contributed by atoms with Gasteiger partial charge in [-0.25, -0.2) is 19.2 Å². The molecular weight excluding hydrogens is 637 g/mol. The van der Waals surface area contributed by atoms with Gasteiger partial charge in [-0.05, 0) is 57.2 Å². The molecule has 0 bridgehead atoms. The van der Waals surface area contributed by atoms with Crippen molar-refractivity contribution >= 4 is 34.1 Å². The first kappa shape index (κ1) is 34.0. The van der Waals surface area contributed by atoms with Crippen molar-refractivity contribution in [3.8, 4) is 17.3 Å². The highest BCUT2D eigenvalue weighted by Gasteiger charge is 2.21. The number of benzene rings is 3. The number of fused-ring (bicyclic) bond motifs is 1. The Bertz CT molecular complexity index is 2060.